The van der Waals surface area contributed by atoms with E-state index in [1.54, 1.807) is 12.1 Å². The molecule has 9 heteroatoms. The van der Waals surface area contributed by atoms with Crippen LogP contribution in [0.25, 0.3) is 11.5 Å². The zero-order valence-electron chi connectivity index (χ0n) is 12.3. The van der Waals surface area contributed by atoms with Crippen molar-refractivity contribution in [2.45, 2.75) is 13.0 Å². The molecule has 1 N–H and O–H groups in total. The lowest BCUT2D eigenvalue weighted by molar-refractivity contribution is -0.128. The molecule has 0 spiro atoms. The molecule has 2 amide bonds. The maximum atomic E-state index is 11.9. The molecule has 0 saturated carbocycles. The van der Waals surface area contributed by atoms with E-state index in [0.717, 1.165) is 7.11 Å². The van der Waals surface area contributed by atoms with Crippen molar-refractivity contribution in [2.24, 2.45) is 0 Å². The van der Waals surface area contributed by atoms with Crippen LogP contribution in [0.15, 0.2) is 35.1 Å². The van der Waals surface area contributed by atoms with Gasteiger partial charge in [-0.25, -0.2) is 9.59 Å². The van der Waals surface area contributed by atoms with E-state index in [-0.39, 0.29) is 5.56 Å². The third-order valence-corrected chi connectivity index (χ3v) is 2.79. The van der Waals surface area contributed by atoms with E-state index in [4.69, 9.17) is 9.15 Å². The molecule has 0 aliphatic rings. The van der Waals surface area contributed by atoms with Gasteiger partial charge in [-0.1, -0.05) is 0 Å². The lowest BCUT2D eigenvalue weighted by Crippen LogP contribution is -2.39. The van der Waals surface area contributed by atoms with Gasteiger partial charge >= 0.3 is 12.1 Å². The number of rotatable bonds is 4. The molecule has 1 aromatic heterocycles. The first-order chi connectivity index (χ1) is 11.0. The molecular weight excluding hydrogens is 306 g/mol. The van der Waals surface area contributed by atoms with E-state index < -0.39 is 24.1 Å². The van der Waals surface area contributed by atoms with Crippen LogP contribution in [0.2, 0.25) is 0 Å². The van der Waals surface area contributed by atoms with Gasteiger partial charge in [0.15, 0.2) is 6.10 Å². The molecule has 23 heavy (non-hydrogen) atoms. The van der Waals surface area contributed by atoms with Gasteiger partial charge in [0.05, 0.1) is 12.7 Å². The standard InChI is InChI=1S/C14H13N3O6/c1-8(11(18)16-14(20)21-2)23-13(19)10-5-3-9(4-6-10)12-17-15-7-22-12/h3-8H,1-2H3,(H,16,18,20)/t8-/m1/s1. The van der Waals surface area contributed by atoms with Crippen molar-refractivity contribution in [3.05, 3.63) is 36.2 Å². The smallest absolute Gasteiger partial charge is 0.413 e. The fourth-order valence-corrected chi connectivity index (χ4v) is 1.58. The SMILES string of the molecule is COC(=O)NC(=O)[C@@H](C)OC(=O)c1ccc(-c2nnco2)cc1. The fraction of sp³-hybridized carbons (Fsp3) is 0.214. The zero-order chi connectivity index (χ0) is 16.8. The molecule has 0 saturated heterocycles. The minimum absolute atomic E-state index is 0.228. The van der Waals surface area contributed by atoms with Gasteiger partial charge in [0, 0.05) is 5.56 Å². The van der Waals surface area contributed by atoms with Gasteiger partial charge in [-0.05, 0) is 31.2 Å². The number of ether oxygens (including phenoxy) is 2. The second-order valence-corrected chi connectivity index (χ2v) is 4.35. The quantitative estimate of drug-likeness (QED) is 0.833. The average molecular weight is 319 g/mol. The molecule has 0 radical (unpaired) electrons. The molecule has 120 valence electrons. The number of carbonyl (C=O) groups is 3. The first-order valence-electron chi connectivity index (χ1n) is 6.47. The van der Waals surface area contributed by atoms with Crippen LogP contribution in [0.3, 0.4) is 0 Å². The van der Waals surface area contributed by atoms with E-state index in [0.29, 0.717) is 11.5 Å². The van der Waals surface area contributed by atoms with E-state index in [2.05, 4.69) is 14.9 Å². The molecule has 1 atom stereocenters. The minimum atomic E-state index is -1.16. The molecule has 9 nitrogen and oxygen atoms in total. The Hall–Kier alpha value is -3.23. The number of imide groups is 1. The summed E-state index contributed by atoms with van der Waals surface area (Å²) in [6, 6.07) is 6.19. The number of alkyl carbamates (subject to hydrolysis) is 1. The number of nitrogens with zero attached hydrogens (tertiary/aromatic N) is 2. The van der Waals surface area contributed by atoms with Crippen molar-refractivity contribution < 1.29 is 28.3 Å². The number of hydrogen-bond acceptors (Lipinski definition) is 8. The third kappa shape index (κ3) is 4.13. The maximum Gasteiger partial charge on any atom is 0.413 e. The minimum Gasteiger partial charge on any atom is -0.453 e. The Morgan fingerprint density at radius 2 is 1.91 bits per heavy atom. The van der Waals surface area contributed by atoms with Crippen LogP contribution in [-0.4, -0.2) is 41.4 Å². The Labute approximate surface area is 130 Å². The lowest BCUT2D eigenvalue weighted by atomic mass is 10.1. The number of benzene rings is 1. The predicted octanol–water partition coefficient (Wildman–Crippen LogP) is 1.16. The van der Waals surface area contributed by atoms with Crippen molar-refractivity contribution in [1.82, 2.24) is 15.5 Å². The Morgan fingerprint density at radius 1 is 1.22 bits per heavy atom. The molecule has 2 aromatic rings. The summed E-state index contributed by atoms with van der Waals surface area (Å²) in [5.74, 6) is -1.18. The van der Waals surface area contributed by atoms with E-state index in [1.165, 1.54) is 25.5 Å². The first kappa shape index (κ1) is 16.1. The Bertz CT molecular complexity index is 696. The highest BCUT2D eigenvalue weighted by Gasteiger charge is 2.21. The fourth-order valence-electron chi connectivity index (χ4n) is 1.58. The van der Waals surface area contributed by atoms with Gasteiger partial charge in [-0.2, -0.15) is 0 Å². The number of carbonyl (C=O) groups excluding carboxylic acids is 3. The molecule has 2 rings (SSSR count). The average Bonchev–Trinajstić information content (AvgIpc) is 3.09. The van der Waals surface area contributed by atoms with E-state index in [9.17, 15) is 14.4 Å². The largest absolute Gasteiger partial charge is 0.453 e. The summed E-state index contributed by atoms with van der Waals surface area (Å²) in [5.41, 5.74) is 0.863. The Morgan fingerprint density at radius 3 is 2.48 bits per heavy atom. The highest BCUT2D eigenvalue weighted by molar-refractivity contribution is 5.97. The highest BCUT2D eigenvalue weighted by Crippen LogP contribution is 2.17. The van der Waals surface area contributed by atoms with Gasteiger partial charge in [-0.3, -0.25) is 10.1 Å². The van der Waals surface area contributed by atoms with Crippen LogP contribution in [0.4, 0.5) is 4.79 Å². The van der Waals surface area contributed by atoms with Gasteiger partial charge in [0.1, 0.15) is 0 Å². The molecule has 0 fully saturated rings. The number of methoxy groups -OCH3 is 1. The molecule has 0 aliphatic carbocycles. The molecule has 1 aromatic carbocycles. The van der Waals surface area contributed by atoms with Gasteiger partial charge in [0.2, 0.25) is 12.3 Å². The number of amides is 2. The van der Waals surface area contributed by atoms with Crippen LogP contribution in [0.5, 0.6) is 0 Å². The summed E-state index contributed by atoms with van der Waals surface area (Å²) in [7, 11) is 1.12. The normalized spacial score (nSPS) is 11.4. The first-order valence-corrected chi connectivity index (χ1v) is 6.47. The second-order valence-electron chi connectivity index (χ2n) is 4.35. The van der Waals surface area contributed by atoms with Crippen molar-refractivity contribution in [3.8, 4) is 11.5 Å². The summed E-state index contributed by atoms with van der Waals surface area (Å²) in [5, 5.41) is 9.20. The molecular formula is C14H13N3O6. The van der Waals surface area contributed by atoms with Crippen LogP contribution in [0.1, 0.15) is 17.3 Å². The summed E-state index contributed by atoms with van der Waals surface area (Å²) in [4.78, 5) is 34.4. The van der Waals surface area contributed by atoms with Crippen molar-refractivity contribution in [2.75, 3.05) is 7.11 Å². The Kier molecular flexibility index (Phi) is 5.03. The highest BCUT2D eigenvalue weighted by atomic mass is 16.6. The number of nitrogens with one attached hydrogen (secondary N) is 1. The van der Waals surface area contributed by atoms with E-state index in [1.807, 2.05) is 5.32 Å². The summed E-state index contributed by atoms with van der Waals surface area (Å²) < 4.78 is 14.3. The molecule has 1 heterocycles. The van der Waals surface area contributed by atoms with Crippen LogP contribution < -0.4 is 5.32 Å². The zero-order valence-corrected chi connectivity index (χ0v) is 12.3. The summed E-state index contributed by atoms with van der Waals surface area (Å²) >= 11 is 0. The maximum absolute atomic E-state index is 11.9. The van der Waals surface area contributed by atoms with Crippen LogP contribution in [-0.2, 0) is 14.3 Å². The predicted molar refractivity (Wildman–Crippen MR) is 75.2 cm³/mol. The van der Waals surface area contributed by atoms with Gasteiger partial charge in [-0.15, -0.1) is 10.2 Å². The number of esters is 1. The molecule has 0 unspecified atom stereocenters. The summed E-state index contributed by atoms with van der Waals surface area (Å²) in [6.07, 6.45) is -0.891. The molecule has 0 aliphatic heterocycles. The van der Waals surface area contributed by atoms with Crippen molar-refractivity contribution >= 4 is 18.0 Å². The molecule has 0 bridgehead atoms. The third-order valence-electron chi connectivity index (χ3n) is 2.79. The van der Waals surface area contributed by atoms with Crippen LogP contribution >= 0.6 is 0 Å². The second kappa shape index (κ2) is 7.16. The van der Waals surface area contributed by atoms with Gasteiger partial charge in [0.25, 0.3) is 5.91 Å². The monoisotopic (exact) mass is 319 g/mol. The lowest BCUT2D eigenvalue weighted by Gasteiger charge is -2.12. The van der Waals surface area contributed by atoms with Crippen LogP contribution in [0, 0.1) is 0 Å². The van der Waals surface area contributed by atoms with Crippen molar-refractivity contribution in [1.29, 1.82) is 0 Å². The summed E-state index contributed by atoms with van der Waals surface area (Å²) in [6.45, 7) is 1.34. The van der Waals surface area contributed by atoms with Crippen molar-refractivity contribution in [3.63, 3.8) is 0 Å². The number of hydrogen-bond donors (Lipinski definition) is 1. The number of aromatic nitrogens is 2. The topological polar surface area (TPSA) is 121 Å². The van der Waals surface area contributed by atoms with Gasteiger partial charge < -0.3 is 13.9 Å². The van der Waals surface area contributed by atoms with E-state index >= 15 is 0 Å². The Balaban J connectivity index is 1.98.